The van der Waals surface area contributed by atoms with Gasteiger partial charge in [0.15, 0.2) is 11.5 Å². The van der Waals surface area contributed by atoms with Crippen LogP contribution < -0.4 is 20.1 Å². The standard InChI is InChI=1S/C19H24N2O4S/c1-4-24-15-7-6-14(10-16(15)25-5-2)19(23)21-12-18(22)20-11-17-13(3)8-9-26-17/h6-10H,4-5,11-12H2,1-3H3,(H,20,22)(H,21,23). The Bertz CT molecular complexity index is 758. The molecule has 7 heteroatoms. The lowest BCUT2D eigenvalue weighted by molar-refractivity contribution is -0.120. The third-order valence-electron chi connectivity index (χ3n) is 3.63. The molecule has 0 unspecified atom stereocenters. The van der Waals surface area contributed by atoms with E-state index in [9.17, 15) is 9.59 Å². The van der Waals surface area contributed by atoms with Gasteiger partial charge >= 0.3 is 0 Å². The molecule has 0 saturated heterocycles. The van der Waals surface area contributed by atoms with Crippen molar-refractivity contribution in [2.45, 2.75) is 27.3 Å². The van der Waals surface area contributed by atoms with E-state index in [4.69, 9.17) is 9.47 Å². The predicted octanol–water partition coefficient (Wildman–Crippen LogP) is 2.90. The first-order valence-electron chi connectivity index (χ1n) is 8.52. The van der Waals surface area contributed by atoms with Crippen LogP contribution in [0.4, 0.5) is 0 Å². The summed E-state index contributed by atoms with van der Waals surface area (Å²) in [5, 5.41) is 7.41. The third-order valence-corrected chi connectivity index (χ3v) is 4.65. The van der Waals surface area contributed by atoms with Gasteiger partial charge in [-0.15, -0.1) is 11.3 Å². The van der Waals surface area contributed by atoms with E-state index >= 15 is 0 Å². The lowest BCUT2D eigenvalue weighted by Gasteiger charge is -2.12. The number of carbonyl (C=O) groups excluding carboxylic acids is 2. The summed E-state index contributed by atoms with van der Waals surface area (Å²) >= 11 is 1.60. The highest BCUT2D eigenvalue weighted by atomic mass is 32.1. The molecule has 140 valence electrons. The zero-order valence-electron chi connectivity index (χ0n) is 15.3. The monoisotopic (exact) mass is 376 g/mol. The molecular formula is C19H24N2O4S. The zero-order valence-corrected chi connectivity index (χ0v) is 16.1. The second kappa shape index (κ2) is 9.82. The first-order chi connectivity index (χ1) is 12.5. The summed E-state index contributed by atoms with van der Waals surface area (Å²) in [5.41, 5.74) is 1.57. The smallest absolute Gasteiger partial charge is 0.251 e. The van der Waals surface area contributed by atoms with Crippen molar-refractivity contribution in [3.05, 3.63) is 45.6 Å². The Morgan fingerprint density at radius 2 is 1.77 bits per heavy atom. The number of benzene rings is 1. The highest BCUT2D eigenvalue weighted by Crippen LogP contribution is 2.28. The summed E-state index contributed by atoms with van der Waals surface area (Å²) < 4.78 is 11.0. The Morgan fingerprint density at radius 3 is 2.42 bits per heavy atom. The Hall–Kier alpha value is -2.54. The summed E-state index contributed by atoms with van der Waals surface area (Å²) in [6, 6.07) is 6.98. The van der Waals surface area contributed by atoms with Gasteiger partial charge in [-0.25, -0.2) is 0 Å². The molecule has 1 heterocycles. The number of rotatable bonds is 9. The van der Waals surface area contributed by atoms with E-state index in [1.165, 1.54) is 0 Å². The maximum absolute atomic E-state index is 12.3. The van der Waals surface area contributed by atoms with Gasteiger partial charge in [-0.3, -0.25) is 9.59 Å². The van der Waals surface area contributed by atoms with E-state index in [2.05, 4.69) is 10.6 Å². The topological polar surface area (TPSA) is 76.7 Å². The van der Waals surface area contributed by atoms with Crippen LogP contribution in [-0.4, -0.2) is 31.6 Å². The molecule has 2 aromatic rings. The number of amides is 2. The van der Waals surface area contributed by atoms with Crippen LogP contribution >= 0.6 is 11.3 Å². The zero-order chi connectivity index (χ0) is 18.9. The van der Waals surface area contributed by atoms with Gasteiger partial charge in [0, 0.05) is 10.4 Å². The van der Waals surface area contributed by atoms with E-state index in [1.807, 2.05) is 32.2 Å². The number of carbonyl (C=O) groups is 2. The minimum atomic E-state index is -0.337. The van der Waals surface area contributed by atoms with Crippen LogP contribution in [0.15, 0.2) is 29.6 Å². The molecule has 0 aliphatic carbocycles. The molecule has 6 nitrogen and oxygen atoms in total. The molecule has 0 atom stereocenters. The molecule has 0 fully saturated rings. The summed E-state index contributed by atoms with van der Waals surface area (Å²) in [6.07, 6.45) is 0. The van der Waals surface area contributed by atoms with Crippen molar-refractivity contribution in [3.8, 4) is 11.5 Å². The Morgan fingerprint density at radius 1 is 1.04 bits per heavy atom. The normalized spacial score (nSPS) is 10.3. The van der Waals surface area contributed by atoms with Crippen LogP contribution in [0.1, 0.15) is 34.6 Å². The molecule has 0 aliphatic rings. The number of ether oxygens (including phenoxy) is 2. The van der Waals surface area contributed by atoms with Gasteiger partial charge in [-0.05, 0) is 56.0 Å². The molecular weight excluding hydrogens is 352 g/mol. The molecule has 0 spiro atoms. The number of aryl methyl sites for hydroxylation is 1. The number of nitrogens with one attached hydrogen (secondary N) is 2. The van der Waals surface area contributed by atoms with E-state index in [0.717, 1.165) is 10.4 Å². The SMILES string of the molecule is CCOc1ccc(C(=O)NCC(=O)NCc2sccc2C)cc1OCC. The van der Waals surface area contributed by atoms with Gasteiger partial charge in [0.2, 0.25) is 5.91 Å². The van der Waals surface area contributed by atoms with E-state index in [0.29, 0.717) is 36.8 Å². The molecule has 0 aliphatic heterocycles. The minimum absolute atomic E-state index is 0.0829. The third kappa shape index (κ3) is 5.49. The van der Waals surface area contributed by atoms with Gasteiger partial charge in [-0.1, -0.05) is 0 Å². The Labute approximate surface area is 157 Å². The van der Waals surface area contributed by atoms with Crippen molar-refractivity contribution in [1.29, 1.82) is 0 Å². The second-order valence-corrected chi connectivity index (χ2v) is 6.51. The number of thiophene rings is 1. The quantitative estimate of drug-likeness (QED) is 0.706. The van der Waals surface area contributed by atoms with E-state index in [-0.39, 0.29) is 18.4 Å². The summed E-state index contributed by atoms with van der Waals surface area (Å²) in [4.78, 5) is 25.3. The molecule has 1 aromatic carbocycles. The fourth-order valence-corrected chi connectivity index (χ4v) is 3.13. The van der Waals surface area contributed by atoms with Crippen molar-refractivity contribution >= 4 is 23.2 Å². The number of hydrogen-bond acceptors (Lipinski definition) is 5. The molecule has 2 rings (SSSR count). The lowest BCUT2D eigenvalue weighted by Crippen LogP contribution is -2.36. The molecule has 0 bridgehead atoms. The van der Waals surface area contributed by atoms with E-state index in [1.54, 1.807) is 29.5 Å². The summed E-state index contributed by atoms with van der Waals surface area (Å²) in [6.45, 7) is 7.11. The first kappa shape index (κ1) is 19.8. The number of hydrogen-bond donors (Lipinski definition) is 2. The average Bonchev–Trinajstić information content (AvgIpc) is 3.04. The van der Waals surface area contributed by atoms with Gasteiger partial charge in [0.05, 0.1) is 26.3 Å². The Kier molecular flexibility index (Phi) is 7.47. The van der Waals surface area contributed by atoms with Crippen LogP contribution in [0.2, 0.25) is 0 Å². The van der Waals surface area contributed by atoms with Crippen molar-refractivity contribution in [2.24, 2.45) is 0 Å². The molecule has 26 heavy (non-hydrogen) atoms. The Balaban J connectivity index is 1.89. The van der Waals surface area contributed by atoms with Crippen molar-refractivity contribution in [2.75, 3.05) is 19.8 Å². The summed E-state index contributed by atoms with van der Waals surface area (Å²) in [7, 11) is 0. The molecule has 1 aromatic heterocycles. The van der Waals surface area contributed by atoms with Crippen molar-refractivity contribution in [1.82, 2.24) is 10.6 Å². The van der Waals surface area contributed by atoms with Crippen molar-refractivity contribution in [3.63, 3.8) is 0 Å². The van der Waals surface area contributed by atoms with Crippen LogP contribution in [0.25, 0.3) is 0 Å². The largest absolute Gasteiger partial charge is 0.490 e. The summed E-state index contributed by atoms with van der Waals surface area (Å²) in [5.74, 6) is 0.535. The second-order valence-electron chi connectivity index (χ2n) is 5.51. The van der Waals surface area contributed by atoms with Crippen LogP contribution in [0.5, 0.6) is 11.5 Å². The highest BCUT2D eigenvalue weighted by Gasteiger charge is 2.13. The molecule has 0 radical (unpaired) electrons. The lowest BCUT2D eigenvalue weighted by atomic mass is 10.2. The van der Waals surface area contributed by atoms with Gasteiger partial charge in [0.1, 0.15) is 0 Å². The first-order valence-corrected chi connectivity index (χ1v) is 9.40. The predicted molar refractivity (Wildman–Crippen MR) is 102 cm³/mol. The van der Waals surface area contributed by atoms with Gasteiger partial charge in [-0.2, -0.15) is 0 Å². The van der Waals surface area contributed by atoms with Crippen LogP contribution in [0, 0.1) is 6.92 Å². The van der Waals surface area contributed by atoms with Crippen LogP contribution in [-0.2, 0) is 11.3 Å². The minimum Gasteiger partial charge on any atom is -0.490 e. The average molecular weight is 376 g/mol. The fraction of sp³-hybridized carbons (Fsp3) is 0.368. The molecule has 2 N–H and O–H groups in total. The van der Waals surface area contributed by atoms with Gasteiger partial charge in [0.25, 0.3) is 5.91 Å². The van der Waals surface area contributed by atoms with Crippen molar-refractivity contribution < 1.29 is 19.1 Å². The maximum Gasteiger partial charge on any atom is 0.251 e. The van der Waals surface area contributed by atoms with Gasteiger partial charge < -0.3 is 20.1 Å². The maximum atomic E-state index is 12.3. The fourth-order valence-electron chi connectivity index (χ4n) is 2.28. The molecule has 2 amide bonds. The van der Waals surface area contributed by atoms with Crippen LogP contribution in [0.3, 0.4) is 0 Å². The van der Waals surface area contributed by atoms with E-state index < -0.39 is 0 Å². The molecule has 0 saturated carbocycles. The highest BCUT2D eigenvalue weighted by molar-refractivity contribution is 7.10.